The predicted octanol–water partition coefficient (Wildman–Crippen LogP) is 0.683. The molecule has 11 nitrogen and oxygen atoms in total. The first kappa shape index (κ1) is 35.2. The smallest absolute Gasteiger partial charge is 0.345 e. The first-order chi connectivity index (χ1) is 19.6. The standard InChI is InChI=1S/C16H16N2.C14H26O9.2CH4/c1-3-12-7-9-18-10-17-8-6-11(2)13-4-5-14(12)16(18)15(13)17;1-5-10(18)12(8(4-16)21-13(5)20)23-14-6(2)9(17)11(19)7(3-15)22-14;;/h4-9H,3,10H2,1-2H3;5-20H,3-4H2,1-2H3;2*1H4/q+2;;;/t;5?,6-,7?,8?,9?,10-,11-,12?,13-,14?;;/m.1../s1. The van der Waals surface area contributed by atoms with Gasteiger partial charge in [-0.3, -0.25) is 0 Å². The van der Waals surface area contributed by atoms with Crippen LogP contribution in [0.5, 0.6) is 0 Å². The van der Waals surface area contributed by atoms with Crippen LogP contribution in [-0.2, 0) is 27.3 Å². The van der Waals surface area contributed by atoms with Gasteiger partial charge in [0.05, 0.1) is 36.2 Å². The molecule has 0 radical (unpaired) electrons. The molecule has 0 spiro atoms. The van der Waals surface area contributed by atoms with Gasteiger partial charge in [0.1, 0.15) is 24.4 Å². The molecule has 240 valence electrons. The molecule has 5 heterocycles. The molecule has 0 saturated carbocycles. The van der Waals surface area contributed by atoms with E-state index in [1.165, 1.54) is 32.9 Å². The van der Waals surface area contributed by atoms with Gasteiger partial charge in [-0.25, -0.2) is 0 Å². The highest BCUT2D eigenvalue weighted by Gasteiger charge is 2.48. The quantitative estimate of drug-likeness (QED) is 0.142. The fraction of sp³-hybridized carbons (Fsp3) is 0.625. The summed E-state index contributed by atoms with van der Waals surface area (Å²) in [5.74, 6) is -1.28. The molecule has 10 atom stereocenters. The molecule has 2 saturated heterocycles. The minimum absolute atomic E-state index is 0. The highest BCUT2D eigenvalue weighted by molar-refractivity contribution is 6.01. The minimum Gasteiger partial charge on any atom is -0.394 e. The number of aromatic nitrogens is 2. The van der Waals surface area contributed by atoms with Gasteiger partial charge in [0.2, 0.25) is 0 Å². The first-order valence-electron chi connectivity index (χ1n) is 14.3. The maximum absolute atomic E-state index is 10.3. The molecular weight excluding hydrogens is 556 g/mol. The number of pyridine rings is 2. The van der Waals surface area contributed by atoms with E-state index in [9.17, 15) is 30.6 Å². The lowest BCUT2D eigenvalue weighted by molar-refractivity contribution is -0.872. The molecule has 1 aromatic carbocycles. The van der Waals surface area contributed by atoms with Crippen molar-refractivity contribution in [2.45, 2.75) is 105 Å². The average molecular weight is 607 g/mol. The second kappa shape index (κ2) is 14.2. The zero-order valence-electron chi connectivity index (χ0n) is 23.9. The van der Waals surface area contributed by atoms with Gasteiger partial charge in [-0.05, 0) is 36.6 Å². The average Bonchev–Trinajstić information content (AvgIpc) is 3.37. The summed E-state index contributed by atoms with van der Waals surface area (Å²) in [6, 6.07) is 9.03. The molecule has 3 aliphatic rings. The molecular formula is C32H50N2O9+2. The summed E-state index contributed by atoms with van der Waals surface area (Å²) in [5.41, 5.74) is 5.59. The predicted molar refractivity (Wildman–Crippen MR) is 160 cm³/mol. The topological polar surface area (TPSA) is 157 Å². The van der Waals surface area contributed by atoms with Crippen molar-refractivity contribution < 1.29 is 54.0 Å². The molecule has 2 fully saturated rings. The van der Waals surface area contributed by atoms with E-state index in [4.69, 9.17) is 14.2 Å². The van der Waals surface area contributed by atoms with Crippen LogP contribution in [0.2, 0.25) is 0 Å². The highest BCUT2D eigenvalue weighted by Crippen LogP contribution is 2.33. The molecule has 6 N–H and O–H groups in total. The van der Waals surface area contributed by atoms with E-state index in [1.54, 1.807) is 13.8 Å². The lowest BCUT2D eigenvalue weighted by Gasteiger charge is -2.46. The lowest BCUT2D eigenvalue weighted by Crippen LogP contribution is -2.60. The van der Waals surface area contributed by atoms with Gasteiger partial charge in [0.15, 0.2) is 25.0 Å². The van der Waals surface area contributed by atoms with Crippen LogP contribution in [0.4, 0.5) is 0 Å². The molecule has 11 heteroatoms. The van der Waals surface area contributed by atoms with Crippen molar-refractivity contribution >= 4 is 21.8 Å². The van der Waals surface area contributed by atoms with Crippen LogP contribution in [0, 0.1) is 18.8 Å². The molecule has 43 heavy (non-hydrogen) atoms. The van der Waals surface area contributed by atoms with Gasteiger partial charge < -0.3 is 44.8 Å². The first-order valence-corrected chi connectivity index (χ1v) is 14.3. The maximum Gasteiger partial charge on any atom is 0.345 e. The van der Waals surface area contributed by atoms with Crippen molar-refractivity contribution in [3.63, 3.8) is 0 Å². The number of benzene rings is 1. The van der Waals surface area contributed by atoms with E-state index in [1.807, 2.05) is 0 Å². The van der Waals surface area contributed by atoms with E-state index in [2.05, 4.69) is 59.6 Å². The number of aliphatic hydroxyl groups excluding tert-OH is 6. The van der Waals surface area contributed by atoms with E-state index in [0.29, 0.717) is 0 Å². The fourth-order valence-electron chi connectivity index (χ4n) is 6.07. The number of hydrogen-bond donors (Lipinski definition) is 6. The third-order valence-corrected chi connectivity index (χ3v) is 8.81. The summed E-state index contributed by atoms with van der Waals surface area (Å²) in [6.07, 6.45) is -3.27. The number of hydrogen-bond acceptors (Lipinski definition) is 9. The largest absolute Gasteiger partial charge is 0.394 e. The number of nitrogens with zero attached hydrogens (tertiary/aromatic N) is 2. The molecule has 3 aromatic rings. The Hall–Kier alpha value is -2.32. The summed E-state index contributed by atoms with van der Waals surface area (Å²) in [6.45, 7) is 7.53. The summed E-state index contributed by atoms with van der Waals surface area (Å²) in [4.78, 5) is 0. The van der Waals surface area contributed by atoms with Crippen LogP contribution >= 0.6 is 0 Å². The number of rotatable bonds is 5. The summed E-state index contributed by atoms with van der Waals surface area (Å²) >= 11 is 0. The molecule has 2 aromatic heterocycles. The van der Waals surface area contributed by atoms with Crippen molar-refractivity contribution in [1.29, 1.82) is 0 Å². The Morgan fingerprint density at radius 3 is 2.02 bits per heavy atom. The van der Waals surface area contributed by atoms with Crippen molar-refractivity contribution in [1.82, 2.24) is 0 Å². The molecule has 0 amide bonds. The van der Waals surface area contributed by atoms with Crippen LogP contribution in [0.1, 0.15) is 46.8 Å². The van der Waals surface area contributed by atoms with E-state index < -0.39 is 74.3 Å². The second-order valence-electron chi connectivity index (χ2n) is 11.4. The van der Waals surface area contributed by atoms with Gasteiger partial charge in [-0.15, -0.1) is 9.13 Å². The third kappa shape index (κ3) is 6.28. The highest BCUT2D eigenvalue weighted by atomic mass is 16.7. The van der Waals surface area contributed by atoms with Crippen molar-refractivity contribution in [2.24, 2.45) is 11.8 Å². The Balaban J connectivity index is 0.000000229. The summed E-state index contributed by atoms with van der Waals surface area (Å²) in [7, 11) is 0. The van der Waals surface area contributed by atoms with E-state index in [0.717, 1.165) is 13.1 Å². The molecule has 6 unspecified atom stereocenters. The molecule has 0 bridgehead atoms. The maximum atomic E-state index is 10.3. The van der Waals surface area contributed by atoms with Gasteiger partial charge in [0, 0.05) is 24.0 Å². The monoisotopic (exact) mass is 606 g/mol. The zero-order chi connectivity index (χ0) is 29.6. The Bertz CT molecular complexity index is 1380. The number of ether oxygens (including phenoxy) is 3. The SMILES string of the molecule is C.C.CC1[C@@H](O)C(OC2OC(CO)[C@@H](O)C(O)[C@H]2C)C(CO)O[C@H]1O.CCc1cc[n+]2c3c1ccc1c(C)cc[n+](c13)C2. The van der Waals surface area contributed by atoms with Crippen molar-refractivity contribution in [3.8, 4) is 0 Å². The minimum atomic E-state index is -1.25. The summed E-state index contributed by atoms with van der Waals surface area (Å²) < 4.78 is 21.0. The van der Waals surface area contributed by atoms with Gasteiger partial charge in [-0.1, -0.05) is 35.6 Å². The fourth-order valence-corrected chi connectivity index (χ4v) is 6.07. The normalized spacial score (nSPS) is 33.1. The van der Waals surface area contributed by atoms with Crippen LogP contribution in [0.25, 0.3) is 21.8 Å². The molecule has 0 aliphatic carbocycles. The lowest BCUT2D eigenvalue weighted by atomic mass is 9.90. The number of aryl methyl sites for hydroxylation is 2. The second-order valence-corrected chi connectivity index (χ2v) is 11.4. The van der Waals surface area contributed by atoms with Crippen LogP contribution < -0.4 is 9.13 Å². The molecule has 3 aliphatic heterocycles. The van der Waals surface area contributed by atoms with Crippen molar-refractivity contribution in [2.75, 3.05) is 13.2 Å². The van der Waals surface area contributed by atoms with Crippen LogP contribution in [-0.4, -0.2) is 93.1 Å². The van der Waals surface area contributed by atoms with Crippen LogP contribution in [0.15, 0.2) is 36.7 Å². The van der Waals surface area contributed by atoms with Crippen molar-refractivity contribution in [3.05, 3.63) is 47.8 Å². The zero-order valence-corrected chi connectivity index (χ0v) is 23.9. The Morgan fingerprint density at radius 1 is 0.791 bits per heavy atom. The summed E-state index contributed by atoms with van der Waals surface area (Å²) in [5, 5.41) is 61.2. The van der Waals surface area contributed by atoms with Crippen LogP contribution in [0.3, 0.4) is 0 Å². The number of aliphatic hydroxyl groups is 6. The van der Waals surface area contributed by atoms with E-state index in [-0.39, 0.29) is 14.9 Å². The Morgan fingerprint density at radius 2 is 1.40 bits per heavy atom. The Labute approximate surface area is 253 Å². The van der Waals surface area contributed by atoms with Gasteiger partial charge in [0.25, 0.3) is 11.0 Å². The third-order valence-electron chi connectivity index (χ3n) is 8.81. The van der Waals surface area contributed by atoms with E-state index >= 15 is 0 Å². The van der Waals surface area contributed by atoms with Gasteiger partial charge >= 0.3 is 6.67 Å². The van der Waals surface area contributed by atoms with Gasteiger partial charge in [-0.2, -0.15) is 0 Å². The molecule has 6 rings (SSSR count). The Kier molecular flexibility index (Phi) is 11.6.